The second-order valence-corrected chi connectivity index (χ2v) is 9.42. The summed E-state index contributed by atoms with van der Waals surface area (Å²) in [6.45, 7) is 5.49. The van der Waals surface area contributed by atoms with Crippen molar-refractivity contribution in [3.05, 3.63) is 49.8 Å². The Morgan fingerprint density at radius 3 is 3.04 bits per heavy atom. The molecule has 0 radical (unpaired) electrons. The number of aromatic nitrogens is 3. The van der Waals surface area contributed by atoms with E-state index in [1.807, 2.05) is 16.7 Å². The SMILES string of the molecule is CCc1c(C)sc2nc(SCc3ccnc(Cl)c3)n(C[C@H]3CCCO3)c(=O)c12. The number of pyridine rings is 1. The molecule has 4 heterocycles. The molecule has 8 heteroatoms. The van der Waals surface area contributed by atoms with Crippen LogP contribution in [0, 0.1) is 6.92 Å². The van der Waals surface area contributed by atoms with Crippen LogP contribution in [0.2, 0.25) is 5.15 Å². The van der Waals surface area contributed by atoms with Gasteiger partial charge in [0.25, 0.3) is 5.56 Å². The van der Waals surface area contributed by atoms with Gasteiger partial charge in [-0.1, -0.05) is 30.3 Å². The average Bonchev–Trinajstić information content (AvgIpc) is 3.29. The maximum atomic E-state index is 13.4. The zero-order valence-corrected chi connectivity index (χ0v) is 18.3. The molecule has 148 valence electrons. The molecule has 5 nitrogen and oxygen atoms in total. The van der Waals surface area contributed by atoms with Gasteiger partial charge >= 0.3 is 0 Å². The van der Waals surface area contributed by atoms with Crippen molar-refractivity contribution in [1.29, 1.82) is 0 Å². The lowest BCUT2D eigenvalue weighted by molar-refractivity contribution is 0.0937. The van der Waals surface area contributed by atoms with Crippen molar-refractivity contribution in [3.63, 3.8) is 0 Å². The van der Waals surface area contributed by atoms with Gasteiger partial charge in [-0.2, -0.15) is 0 Å². The maximum absolute atomic E-state index is 13.4. The van der Waals surface area contributed by atoms with E-state index in [9.17, 15) is 4.79 Å². The fourth-order valence-electron chi connectivity index (χ4n) is 3.60. The third-order valence-electron chi connectivity index (χ3n) is 5.00. The number of hydrogen-bond acceptors (Lipinski definition) is 6. The number of hydrogen-bond donors (Lipinski definition) is 0. The second kappa shape index (κ2) is 8.53. The fraction of sp³-hybridized carbons (Fsp3) is 0.450. The molecular formula is C20H22ClN3O2S2. The molecule has 0 N–H and O–H groups in total. The first kappa shape index (κ1) is 19.9. The van der Waals surface area contributed by atoms with E-state index in [0.717, 1.165) is 52.4 Å². The van der Waals surface area contributed by atoms with E-state index in [4.69, 9.17) is 21.3 Å². The van der Waals surface area contributed by atoms with Gasteiger partial charge in [-0.15, -0.1) is 11.3 Å². The lowest BCUT2D eigenvalue weighted by atomic mass is 10.1. The van der Waals surface area contributed by atoms with Crippen LogP contribution >= 0.6 is 34.7 Å². The van der Waals surface area contributed by atoms with E-state index >= 15 is 0 Å². The number of ether oxygens (including phenoxy) is 1. The Kier molecular flexibility index (Phi) is 6.06. The predicted molar refractivity (Wildman–Crippen MR) is 116 cm³/mol. The minimum absolute atomic E-state index is 0.0527. The van der Waals surface area contributed by atoms with Crippen LogP contribution in [0.25, 0.3) is 10.2 Å². The smallest absolute Gasteiger partial charge is 0.263 e. The standard InChI is InChI=1S/C20H22ClN3O2S2/c1-3-15-12(2)28-18-17(15)19(25)24(10-14-5-4-8-26-14)20(23-18)27-11-13-6-7-22-16(21)9-13/h6-7,9,14H,3-5,8,10-11H2,1-2H3/t14-/m1/s1. The number of rotatable bonds is 6. The first-order valence-electron chi connectivity index (χ1n) is 9.44. The third kappa shape index (κ3) is 3.99. The Morgan fingerprint density at radius 2 is 2.32 bits per heavy atom. The van der Waals surface area contributed by atoms with E-state index in [1.165, 1.54) is 4.88 Å². The highest BCUT2D eigenvalue weighted by Gasteiger charge is 2.22. The minimum atomic E-state index is 0.0527. The lowest BCUT2D eigenvalue weighted by Crippen LogP contribution is -2.29. The van der Waals surface area contributed by atoms with Gasteiger partial charge in [0.2, 0.25) is 0 Å². The number of fused-ring (bicyclic) bond motifs is 1. The van der Waals surface area contributed by atoms with E-state index in [-0.39, 0.29) is 11.7 Å². The Balaban J connectivity index is 1.75. The molecular weight excluding hydrogens is 414 g/mol. The summed E-state index contributed by atoms with van der Waals surface area (Å²) in [5.74, 6) is 0.677. The summed E-state index contributed by atoms with van der Waals surface area (Å²) in [5, 5.41) is 1.99. The van der Waals surface area contributed by atoms with Crippen molar-refractivity contribution in [2.24, 2.45) is 0 Å². The number of thiophene rings is 1. The van der Waals surface area contributed by atoms with Crippen LogP contribution in [0.3, 0.4) is 0 Å². The molecule has 4 rings (SSSR count). The molecule has 28 heavy (non-hydrogen) atoms. The number of aryl methyl sites for hydroxylation is 2. The van der Waals surface area contributed by atoms with E-state index in [0.29, 0.717) is 17.5 Å². The van der Waals surface area contributed by atoms with Crippen LogP contribution in [0.5, 0.6) is 0 Å². The summed E-state index contributed by atoms with van der Waals surface area (Å²) in [4.78, 5) is 24.3. The zero-order valence-electron chi connectivity index (χ0n) is 15.9. The molecule has 1 aliphatic heterocycles. The van der Waals surface area contributed by atoms with Gasteiger partial charge in [0, 0.05) is 23.4 Å². The zero-order chi connectivity index (χ0) is 19.7. The van der Waals surface area contributed by atoms with Crippen molar-refractivity contribution in [2.45, 2.75) is 56.7 Å². The summed E-state index contributed by atoms with van der Waals surface area (Å²) in [7, 11) is 0. The van der Waals surface area contributed by atoms with Gasteiger partial charge in [-0.05, 0) is 49.4 Å². The van der Waals surface area contributed by atoms with Crippen LogP contribution in [0.1, 0.15) is 35.8 Å². The van der Waals surface area contributed by atoms with Crippen LogP contribution in [-0.2, 0) is 23.5 Å². The summed E-state index contributed by atoms with van der Waals surface area (Å²) < 4.78 is 7.62. The van der Waals surface area contributed by atoms with E-state index in [2.05, 4.69) is 18.8 Å². The number of thioether (sulfide) groups is 1. The Labute approximate surface area is 177 Å². The van der Waals surface area contributed by atoms with Crippen LogP contribution in [0.4, 0.5) is 0 Å². The second-order valence-electron chi connectivity index (χ2n) is 6.89. The van der Waals surface area contributed by atoms with Crippen molar-refractivity contribution in [2.75, 3.05) is 6.61 Å². The van der Waals surface area contributed by atoms with Crippen molar-refractivity contribution in [1.82, 2.24) is 14.5 Å². The molecule has 0 saturated carbocycles. The normalized spacial score (nSPS) is 16.9. The van der Waals surface area contributed by atoms with Crippen LogP contribution in [-0.4, -0.2) is 27.2 Å². The summed E-state index contributed by atoms with van der Waals surface area (Å²) in [5.41, 5.74) is 2.23. The predicted octanol–water partition coefficient (Wildman–Crippen LogP) is 4.85. The van der Waals surface area contributed by atoms with Crippen molar-refractivity contribution in [3.8, 4) is 0 Å². The van der Waals surface area contributed by atoms with Gasteiger partial charge in [0.1, 0.15) is 9.98 Å². The Hall–Kier alpha value is -1.41. The topological polar surface area (TPSA) is 57.0 Å². The monoisotopic (exact) mass is 435 g/mol. The molecule has 1 saturated heterocycles. The van der Waals surface area contributed by atoms with Crippen LogP contribution in [0.15, 0.2) is 28.3 Å². The maximum Gasteiger partial charge on any atom is 0.263 e. The van der Waals surface area contributed by atoms with Crippen molar-refractivity contribution >= 4 is 44.9 Å². The highest BCUT2D eigenvalue weighted by atomic mass is 35.5. The van der Waals surface area contributed by atoms with E-state index in [1.54, 1.807) is 29.3 Å². The molecule has 0 aliphatic carbocycles. The number of halogens is 1. The highest BCUT2D eigenvalue weighted by molar-refractivity contribution is 7.98. The molecule has 3 aromatic heterocycles. The molecule has 1 atom stereocenters. The lowest BCUT2D eigenvalue weighted by Gasteiger charge is -2.16. The summed E-state index contributed by atoms with van der Waals surface area (Å²) in [6.07, 6.45) is 4.65. The van der Waals surface area contributed by atoms with Crippen LogP contribution < -0.4 is 5.56 Å². The van der Waals surface area contributed by atoms with Gasteiger partial charge in [-0.3, -0.25) is 9.36 Å². The molecule has 3 aromatic rings. The largest absolute Gasteiger partial charge is 0.376 e. The molecule has 0 bridgehead atoms. The number of nitrogens with zero attached hydrogens (tertiary/aromatic N) is 3. The Morgan fingerprint density at radius 1 is 1.46 bits per heavy atom. The molecule has 1 fully saturated rings. The third-order valence-corrected chi connectivity index (χ3v) is 7.30. The first-order chi connectivity index (χ1) is 13.6. The summed E-state index contributed by atoms with van der Waals surface area (Å²) >= 11 is 9.17. The fourth-order valence-corrected chi connectivity index (χ4v) is 5.90. The Bertz CT molecular complexity index is 1060. The molecule has 1 aliphatic rings. The quantitative estimate of drug-likeness (QED) is 0.314. The molecule has 0 aromatic carbocycles. The van der Waals surface area contributed by atoms with Gasteiger partial charge < -0.3 is 4.74 Å². The van der Waals surface area contributed by atoms with Gasteiger partial charge in [0.15, 0.2) is 5.16 Å². The van der Waals surface area contributed by atoms with E-state index < -0.39 is 0 Å². The average molecular weight is 436 g/mol. The minimum Gasteiger partial charge on any atom is -0.376 e. The van der Waals surface area contributed by atoms with Gasteiger partial charge in [-0.25, -0.2) is 9.97 Å². The molecule has 0 spiro atoms. The highest BCUT2D eigenvalue weighted by Crippen LogP contribution is 2.31. The first-order valence-corrected chi connectivity index (χ1v) is 11.6. The van der Waals surface area contributed by atoms with Crippen molar-refractivity contribution < 1.29 is 4.74 Å². The van der Waals surface area contributed by atoms with Gasteiger partial charge in [0.05, 0.1) is 18.0 Å². The summed E-state index contributed by atoms with van der Waals surface area (Å²) in [6, 6.07) is 3.78. The molecule has 0 amide bonds. The molecule has 0 unspecified atom stereocenters.